The Balaban J connectivity index is 0.00000210. The minimum Gasteiger partial charge on any atom is -0.490 e. The third-order valence-electron chi connectivity index (χ3n) is 5.18. The van der Waals surface area contributed by atoms with E-state index in [1.165, 1.54) is 5.56 Å². The first-order chi connectivity index (χ1) is 12.6. The Labute approximate surface area is 177 Å². The van der Waals surface area contributed by atoms with Gasteiger partial charge < -0.3 is 20.5 Å². The molecule has 6 heteroatoms. The van der Waals surface area contributed by atoms with Gasteiger partial charge in [0.1, 0.15) is 0 Å². The molecule has 2 aromatic rings. The fourth-order valence-corrected chi connectivity index (χ4v) is 3.77. The Hall–Kier alpha value is -1.96. The Morgan fingerprint density at radius 3 is 2.52 bits per heavy atom. The number of anilines is 1. The van der Waals surface area contributed by atoms with Crippen molar-refractivity contribution in [1.82, 2.24) is 0 Å². The van der Waals surface area contributed by atoms with E-state index in [2.05, 4.69) is 47.6 Å². The first kappa shape index (κ1) is 19.8. The zero-order chi connectivity index (χ0) is 18.0. The summed E-state index contributed by atoms with van der Waals surface area (Å²) in [6.07, 6.45) is 2.92. The van der Waals surface area contributed by atoms with Crippen LogP contribution in [-0.4, -0.2) is 25.2 Å². The van der Waals surface area contributed by atoms with Crippen LogP contribution in [0.1, 0.15) is 31.7 Å². The lowest BCUT2D eigenvalue weighted by Gasteiger charge is -2.44. The van der Waals surface area contributed by atoms with E-state index in [-0.39, 0.29) is 35.4 Å². The molecule has 1 aliphatic carbocycles. The van der Waals surface area contributed by atoms with Crippen molar-refractivity contribution in [1.29, 1.82) is 0 Å². The van der Waals surface area contributed by atoms with E-state index in [0.29, 0.717) is 19.2 Å². The van der Waals surface area contributed by atoms with E-state index in [9.17, 15) is 0 Å². The third kappa shape index (κ3) is 4.48. The van der Waals surface area contributed by atoms with Crippen LogP contribution in [0, 0.1) is 0 Å². The van der Waals surface area contributed by atoms with Crippen LogP contribution in [0.2, 0.25) is 0 Å². The standard InChI is InChI=1S/C21H25N3O2.HI/c1-21(15-6-3-2-4-7-15)13-17(14-21)24-20(22)23-16-8-9-18-19(12-16)26-11-5-10-25-18;/h2-4,6-9,12,17H,5,10-11,13-14H2,1H3,(H3,22,23,24);1H. The summed E-state index contributed by atoms with van der Waals surface area (Å²) in [4.78, 5) is 4.64. The second kappa shape index (κ2) is 8.37. The van der Waals surface area contributed by atoms with Crippen LogP contribution >= 0.6 is 24.0 Å². The molecule has 1 aliphatic heterocycles. The van der Waals surface area contributed by atoms with Gasteiger partial charge in [-0.3, -0.25) is 0 Å². The van der Waals surface area contributed by atoms with Gasteiger partial charge in [-0.2, -0.15) is 0 Å². The molecule has 0 atom stereocenters. The van der Waals surface area contributed by atoms with Gasteiger partial charge in [-0.15, -0.1) is 24.0 Å². The molecule has 2 aromatic carbocycles. The number of hydrogen-bond donors (Lipinski definition) is 2. The van der Waals surface area contributed by atoms with Crippen molar-refractivity contribution >= 4 is 35.6 Å². The molecule has 144 valence electrons. The number of ether oxygens (including phenoxy) is 2. The summed E-state index contributed by atoms with van der Waals surface area (Å²) in [5.41, 5.74) is 8.55. The highest BCUT2D eigenvalue weighted by atomic mass is 127. The third-order valence-corrected chi connectivity index (χ3v) is 5.18. The minimum atomic E-state index is 0. The monoisotopic (exact) mass is 479 g/mol. The van der Waals surface area contributed by atoms with Crippen LogP contribution in [0.25, 0.3) is 0 Å². The second-order valence-corrected chi connectivity index (χ2v) is 7.34. The molecule has 1 saturated carbocycles. The largest absolute Gasteiger partial charge is 0.490 e. The molecule has 3 N–H and O–H groups in total. The molecule has 0 bridgehead atoms. The summed E-state index contributed by atoms with van der Waals surface area (Å²) in [6, 6.07) is 16.6. The van der Waals surface area contributed by atoms with Crippen molar-refractivity contribution in [3.8, 4) is 11.5 Å². The number of nitrogens with zero attached hydrogens (tertiary/aromatic N) is 1. The molecule has 0 amide bonds. The maximum absolute atomic E-state index is 6.12. The zero-order valence-corrected chi connectivity index (χ0v) is 17.8. The summed E-state index contributed by atoms with van der Waals surface area (Å²) >= 11 is 0. The SMILES string of the molecule is CC1(c2ccccc2)CC(N=C(N)Nc2ccc3c(c2)OCCCO3)C1.I. The fourth-order valence-electron chi connectivity index (χ4n) is 3.77. The van der Waals surface area contributed by atoms with Crippen molar-refractivity contribution in [3.63, 3.8) is 0 Å². The molecule has 4 rings (SSSR count). The van der Waals surface area contributed by atoms with Crippen molar-refractivity contribution in [2.45, 2.75) is 37.6 Å². The number of benzene rings is 2. The number of guanidine groups is 1. The van der Waals surface area contributed by atoms with Crippen LogP contribution in [0.5, 0.6) is 11.5 Å². The van der Waals surface area contributed by atoms with Gasteiger partial charge >= 0.3 is 0 Å². The average molecular weight is 479 g/mol. The van der Waals surface area contributed by atoms with Crippen LogP contribution in [0.4, 0.5) is 5.69 Å². The first-order valence-electron chi connectivity index (χ1n) is 9.18. The van der Waals surface area contributed by atoms with Gasteiger partial charge in [-0.05, 0) is 36.0 Å². The molecule has 0 saturated heterocycles. The van der Waals surface area contributed by atoms with Crippen LogP contribution in [0.3, 0.4) is 0 Å². The molecular weight excluding hydrogens is 453 g/mol. The van der Waals surface area contributed by atoms with Crippen molar-refractivity contribution in [3.05, 3.63) is 54.1 Å². The van der Waals surface area contributed by atoms with Gasteiger partial charge in [-0.25, -0.2) is 4.99 Å². The van der Waals surface area contributed by atoms with Gasteiger partial charge in [0.25, 0.3) is 0 Å². The smallest absolute Gasteiger partial charge is 0.193 e. The number of aliphatic imine (C=N–C) groups is 1. The lowest BCUT2D eigenvalue weighted by atomic mass is 9.63. The Morgan fingerprint density at radius 1 is 1.07 bits per heavy atom. The van der Waals surface area contributed by atoms with E-state index >= 15 is 0 Å². The molecule has 27 heavy (non-hydrogen) atoms. The van der Waals surface area contributed by atoms with Gasteiger partial charge in [0.2, 0.25) is 0 Å². The quantitative estimate of drug-likeness (QED) is 0.391. The highest BCUT2D eigenvalue weighted by Gasteiger charge is 2.41. The molecule has 1 fully saturated rings. The number of fused-ring (bicyclic) bond motifs is 1. The molecule has 0 spiro atoms. The van der Waals surface area contributed by atoms with Gasteiger partial charge in [0, 0.05) is 18.2 Å². The fraction of sp³-hybridized carbons (Fsp3) is 0.381. The predicted molar refractivity (Wildman–Crippen MR) is 120 cm³/mol. The second-order valence-electron chi connectivity index (χ2n) is 7.34. The Bertz CT molecular complexity index is 804. The van der Waals surface area contributed by atoms with E-state index in [0.717, 1.165) is 36.4 Å². The first-order valence-corrected chi connectivity index (χ1v) is 9.18. The van der Waals surface area contributed by atoms with Crippen LogP contribution < -0.4 is 20.5 Å². The van der Waals surface area contributed by atoms with E-state index in [1.54, 1.807) is 0 Å². The molecule has 5 nitrogen and oxygen atoms in total. The van der Waals surface area contributed by atoms with E-state index in [4.69, 9.17) is 15.2 Å². The Morgan fingerprint density at radius 2 is 1.78 bits per heavy atom. The van der Waals surface area contributed by atoms with Gasteiger partial charge in [-0.1, -0.05) is 37.3 Å². The van der Waals surface area contributed by atoms with Crippen LogP contribution in [0.15, 0.2) is 53.5 Å². The maximum Gasteiger partial charge on any atom is 0.193 e. The zero-order valence-electron chi connectivity index (χ0n) is 15.5. The number of nitrogens with two attached hydrogens (primary N) is 1. The lowest BCUT2D eigenvalue weighted by molar-refractivity contribution is 0.229. The highest BCUT2D eigenvalue weighted by Crippen LogP contribution is 2.45. The molecule has 0 radical (unpaired) electrons. The number of halogens is 1. The van der Waals surface area contributed by atoms with E-state index in [1.807, 2.05) is 18.2 Å². The average Bonchev–Trinajstić information content (AvgIpc) is 2.86. The van der Waals surface area contributed by atoms with Crippen molar-refractivity contribution in [2.24, 2.45) is 10.7 Å². The van der Waals surface area contributed by atoms with Crippen molar-refractivity contribution < 1.29 is 9.47 Å². The summed E-state index contributed by atoms with van der Waals surface area (Å²) in [7, 11) is 0. The van der Waals surface area contributed by atoms with Gasteiger partial charge in [0.05, 0.1) is 19.3 Å². The van der Waals surface area contributed by atoms with E-state index < -0.39 is 0 Å². The summed E-state index contributed by atoms with van der Waals surface area (Å²) < 4.78 is 11.4. The number of nitrogens with one attached hydrogen (secondary N) is 1. The molecule has 0 aromatic heterocycles. The van der Waals surface area contributed by atoms with Crippen molar-refractivity contribution in [2.75, 3.05) is 18.5 Å². The maximum atomic E-state index is 6.12. The Kier molecular flexibility index (Phi) is 6.14. The number of rotatable bonds is 3. The highest BCUT2D eigenvalue weighted by molar-refractivity contribution is 14.0. The predicted octanol–water partition coefficient (Wildman–Crippen LogP) is 4.31. The molecular formula is C21H26IN3O2. The number of hydrogen-bond acceptors (Lipinski definition) is 3. The summed E-state index contributed by atoms with van der Waals surface area (Å²) in [5, 5.41) is 3.17. The lowest BCUT2D eigenvalue weighted by Crippen LogP contribution is -2.42. The molecule has 1 heterocycles. The topological polar surface area (TPSA) is 68.9 Å². The molecule has 2 aliphatic rings. The normalized spacial score (nSPS) is 24.2. The summed E-state index contributed by atoms with van der Waals surface area (Å²) in [5.74, 6) is 1.97. The van der Waals surface area contributed by atoms with Gasteiger partial charge in [0.15, 0.2) is 17.5 Å². The summed E-state index contributed by atoms with van der Waals surface area (Å²) in [6.45, 7) is 3.65. The minimum absolute atomic E-state index is 0. The van der Waals surface area contributed by atoms with Crippen LogP contribution in [-0.2, 0) is 5.41 Å². The molecule has 0 unspecified atom stereocenters.